The van der Waals surface area contributed by atoms with Gasteiger partial charge in [-0.2, -0.15) is 0 Å². The Hall–Kier alpha value is -0.570. The zero-order chi connectivity index (χ0) is 8.97. The lowest BCUT2D eigenvalue weighted by molar-refractivity contribution is -0.128. The van der Waals surface area contributed by atoms with Crippen LogP contribution in [0.5, 0.6) is 0 Å². The summed E-state index contributed by atoms with van der Waals surface area (Å²) in [7, 11) is 3.59. The molecule has 0 saturated heterocycles. The predicted molar refractivity (Wildman–Crippen MR) is 48.9 cm³/mol. The molecule has 1 aliphatic rings. The second-order valence-corrected chi connectivity index (χ2v) is 3.69. The third-order valence-electron chi connectivity index (χ3n) is 2.14. The SMILES string of the molecule is CN(C)C(=O)CCNCC1CC1. The van der Waals surface area contributed by atoms with Gasteiger partial charge in [0.2, 0.25) is 5.91 Å². The Balaban J connectivity index is 1.90. The van der Waals surface area contributed by atoms with Crippen LogP contribution >= 0.6 is 0 Å². The van der Waals surface area contributed by atoms with E-state index in [4.69, 9.17) is 0 Å². The minimum Gasteiger partial charge on any atom is -0.349 e. The van der Waals surface area contributed by atoms with Gasteiger partial charge in [0.05, 0.1) is 0 Å². The highest BCUT2D eigenvalue weighted by Gasteiger charge is 2.20. The monoisotopic (exact) mass is 170 g/mol. The zero-order valence-electron chi connectivity index (χ0n) is 7.97. The molecule has 0 aromatic heterocycles. The first kappa shape index (κ1) is 9.52. The highest BCUT2D eigenvalue weighted by atomic mass is 16.2. The van der Waals surface area contributed by atoms with Crippen LogP contribution in [0.15, 0.2) is 0 Å². The van der Waals surface area contributed by atoms with Crippen LogP contribution < -0.4 is 5.32 Å². The topological polar surface area (TPSA) is 32.3 Å². The van der Waals surface area contributed by atoms with Gasteiger partial charge in [0, 0.05) is 27.1 Å². The van der Waals surface area contributed by atoms with Crippen molar-refractivity contribution >= 4 is 5.91 Å². The van der Waals surface area contributed by atoms with Gasteiger partial charge in [0.25, 0.3) is 0 Å². The van der Waals surface area contributed by atoms with Gasteiger partial charge in [-0.3, -0.25) is 4.79 Å². The van der Waals surface area contributed by atoms with E-state index in [1.165, 1.54) is 12.8 Å². The molecule has 70 valence electrons. The van der Waals surface area contributed by atoms with Gasteiger partial charge in [-0.25, -0.2) is 0 Å². The van der Waals surface area contributed by atoms with Gasteiger partial charge in [0.1, 0.15) is 0 Å². The summed E-state index contributed by atoms with van der Waals surface area (Å²) in [6, 6.07) is 0. The Morgan fingerprint density at radius 3 is 2.67 bits per heavy atom. The standard InChI is InChI=1S/C9H18N2O/c1-11(2)9(12)5-6-10-7-8-3-4-8/h8,10H,3-7H2,1-2H3. The summed E-state index contributed by atoms with van der Waals surface area (Å²) in [6.45, 7) is 1.92. The maximum Gasteiger partial charge on any atom is 0.223 e. The van der Waals surface area contributed by atoms with Crippen LogP contribution in [0, 0.1) is 5.92 Å². The van der Waals surface area contributed by atoms with Crippen molar-refractivity contribution in [2.24, 2.45) is 5.92 Å². The molecule has 0 aromatic rings. The van der Waals surface area contributed by atoms with Crippen molar-refractivity contribution in [2.45, 2.75) is 19.3 Å². The first-order chi connectivity index (χ1) is 5.70. The zero-order valence-corrected chi connectivity index (χ0v) is 7.97. The van der Waals surface area contributed by atoms with Crippen molar-refractivity contribution in [3.05, 3.63) is 0 Å². The fourth-order valence-electron chi connectivity index (χ4n) is 1.05. The summed E-state index contributed by atoms with van der Waals surface area (Å²) < 4.78 is 0. The van der Waals surface area contributed by atoms with Crippen LogP contribution in [-0.4, -0.2) is 38.0 Å². The first-order valence-electron chi connectivity index (χ1n) is 4.61. The Morgan fingerprint density at radius 1 is 1.50 bits per heavy atom. The number of hydrogen-bond donors (Lipinski definition) is 1. The lowest BCUT2D eigenvalue weighted by atomic mass is 10.3. The fraction of sp³-hybridized carbons (Fsp3) is 0.889. The van der Waals surface area contributed by atoms with Gasteiger partial charge in [-0.1, -0.05) is 0 Å². The van der Waals surface area contributed by atoms with Crippen LogP contribution in [0.1, 0.15) is 19.3 Å². The lowest BCUT2D eigenvalue weighted by Crippen LogP contribution is -2.27. The van der Waals surface area contributed by atoms with Gasteiger partial charge < -0.3 is 10.2 Å². The summed E-state index contributed by atoms with van der Waals surface area (Å²) in [5.41, 5.74) is 0. The molecule has 0 spiro atoms. The van der Waals surface area contributed by atoms with E-state index in [0.29, 0.717) is 6.42 Å². The smallest absolute Gasteiger partial charge is 0.223 e. The molecule has 0 bridgehead atoms. The van der Waals surface area contributed by atoms with E-state index in [1.54, 1.807) is 19.0 Å². The number of carbonyl (C=O) groups excluding carboxylic acids is 1. The number of nitrogens with one attached hydrogen (secondary N) is 1. The van der Waals surface area contributed by atoms with E-state index in [9.17, 15) is 4.79 Å². The number of amides is 1. The Morgan fingerprint density at radius 2 is 2.17 bits per heavy atom. The number of hydrogen-bond acceptors (Lipinski definition) is 2. The maximum atomic E-state index is 11.1. The quantitative estimate of drug-likeness (QED) is 0.608. The van der Waals surface area contributed by atoms with Crippen molar-refractivity contribution in [2.75, 3.05) is 27.2 Å². The molecule has 0 radical (unpaired) electrons. The van der Waals surface area contributed by atoms with Crippen LogP contribution in [0.4, 0.5) is 0 Å². The summed E-state index contributed by atoms with van der Waals surface area (Å²) in [5.74, 6) is 1.11. The third-order valence-corrected chi connectivity index (χ3v) is 2.14. The van der Waals surface area contributed by atoms with E-state index in [1.807, 2.05) is 0 Å². The molecule has 1 saturated carbocycles. The third kappa shape index (κ3) is 3.72. The molecule has 3 nitrogen and oxygen atoms in total. The van der Waals surface area contributed by atoms with Gasteiger partial charge >= 0.3 is 0 Å². The molecule has 3 heteroatoms. The van der Waals surface area contributed by atoms with Gasteiger partial charge in [0.15, 0.2) is 0 Å². The van der Waals surface area contributed by atoms with Crippen LogP contribution in [0.25, 0.3) is 0 Å². The average Bonchev–Trinajstić information content (AvgIpc) is 2.80. The molecule has 12 heavy (non-hydrogen) atoms. The van der Waals surface area contributed by atoms with Crippen molar-refractivity contribution < 1.29 is 4.79 Å². The fourth-order valence-corrected chi connectivity index (χ4v) is 1.05. The first-order valence-corrected chi connectivity index (χ1v) is 4.61. The molecule has 0 atom stereocenters. The minimum absolute atomic E-state index is 0.207. The van der Waals surface area contributed by atoms with Crippen molar-refractivity contribution in [1.29, 1.82) is 0 Å². The van der Waals surface area contributed by atoms with Crippen molar-refractivity contribution in [3.8, 4) is 0 Å². The molecular formula is C9H18N2O. The molecule has 0 aromatic carbocycles. The molecule has 0 unspecified atom stereocenters. The largest absolute Gasteiger partial charge is 0.349 e. The molecule has 1 amide bonds. The Labute approximate surface area is 74.1 Å². The molecule has 1 N–H and O–H groups in total. The summed E-state index contributed by atoms with van der Waals surface area (Å²) in [5, 5.41) is 3.29. The second kappa shape index (κ2) is 4.45. The van der Waals surface area contributed by atoms with Crippen LogP contribution in [-0.2, 0) is 4.79 Å². The average molecular weight is 170 g/mol. The number of carbonyl (C=O) groups is 1. The van der Waals surface area contributed by atoms with Gasteiger partial charge in [-0.15, -0.1) is 0 Å². The summed E-state index contributed by atoms with van der Waals surface area (Å²) >= 11 is 0. The van der Waals surface area contributed by atoms with Crippen molar-refractivity contribution in [3.63, 3.8) is 0 Å². The normalized spacial score (nSPS) is 16.2. The Bertz CT molecular complexity index is 153. The highest BCUT2D eigenvalue weighted by molar-refractivity contribution is 5.75. The van der Waals surface area contributed by atoms with Crippen molar-refractivity contribution in [1.82, 2.24) is 10.2 Å². The molecule has 0 heterocycles. The van der Waals surface area contributed by atoms with Crippen LogP contribution in [0.2, 0.25) is 0 Å². The van der Waals surface area contributed by atoms with E-state index in [2.05, 4.69) is 5.32 Å². The lowest BCUT2D eigenvalue weighted by Gasteiger charge is -2.09. The Kier molecular flexibility index (Phi) is 3.53. The predicted octanol–water partition coefficient (Wildman–Crippen LogP) is 0.464. The number of rotatable bonds is 5. The highest BCUT2D eigenvalue weighted by Crippen LogP contribution is 2.27. The van der Waals surface area contributed by atoms with E-state index < -0.39 is 0 Å². The molecular weight excluding hydrogens is 152 g/mol. The van der Waals surface area contributed by atoms with E-state index in [0.717, 1.165) is 19.0 Å². The van der Waals surface area contributed by atoms with Crippen LogP contribution in [0.3, 0.4) is 0 Å². The molecule has 1 rings (SSSR count). The second-order valence-electron chi connectivity index (χ2n) is 3.69. The maximum absolute atomic E-state index is 11.1. The minimum atomic E-state index is 0.207. The molecule has 1 fully saturated rings. The summed E-state index contributed by atoms with van der Waals surface area (Å²) in [6.07, 6.45) is 3.36. The van der Waals surface area contributed by atoms with Gasteiger partial charge in [-0.05, 0) is 25.3 Å². The van der Waals surface area contributed by atoms with E-state index in [-0.39, 0.29) is 5.91 Å². The van der Waals surface area contributed by atoms with E-state index >= 15 is 0 Å². The number of nitrogens with zero attached hydrogens (tertiary/aromatic N) is 1. The molecule has 1 aliphatic carbocycles. The molecule has 0 aliphatic heterocycles. The summed E-state index contributed by atoms with van der Waals surface area (Å²) in [4.78, 5) is 12.7.